The fourth-order valence-electron chi connectivity index (χ4n) is 9.48. The van der Waals surface area contributed by atoms with E-state index in [1.165, 1.54) is 0 Å². The normalized spacial score (nSPS) is 19.2. The van der Waals surface area contributed by atoms with Gasteiger partial charge in [-0.25, -0.2) is 19.9 Å². The van der Waals surface area contributed by atoms with Crippen molar-refractivity contribution >= 4 is 34.6 Å². The summed E-state index contributed by atoms with van der Waals surface area (Å²) < 4.78 is 22.1. The molecule has 2 atom stereocenters. The van der Waals surface area contributed by atoms with Crippen LogP contribution in [0.2, 0.25) is 0 Å². The molecule has 0 saturated carbocycles. The number of anilines is 6. The van der Waals surface area contributed by atoms with Gasteiger partial charge in [0, 0.05) is 96.4 Å². The van der Waals surface area contributed by atoms with E-state index in [9.17, 15) is 20.7 Å². The molecule has 18 heteroatoms. The number of hydrogen-bond acceptors (Lipinski definition) is 18. The van der Waals surface area contributed by atoms with Crippen LogP contribution in [-0.2, 0) is 33.1 Å². The lowest BCUT2D eigenvalue weighted by Gasteiger charge is -2.30. The molecule has 0 amide bonds. The van der Waals surface area contributed by atoms with Crippen LogP contribution in [0.4, 0.5) is 34.6 Å². The van der Waals surface area contributed by atoms with Crippen LogP contribution in [0.15, 0.2) is 73.3 Å². The SMILES string of the molecule is COc1cc(N2CCOCC2)c(C#N)cc1Nc1nccc(-c2cnc3c(c2)C(C)(CO)CC3)n1.COc1cc(N2CCOCC2)c(C#N)cc1Nc1nccc(-c2cnc3c(c2)C(C)(CO)CC3)n1. The van der Waals surface area contributed by atoms with Crippen LogP contribution in [0.3, 0.4) is 0 Å². The van der Waals surface area contributed by atoms with E-state index in [0.29, 0.717) is 72.3 Å². The van der Waals surface area contributed by atoms with Gasteiger partial charge in [-0.05, 0) is 73.2 Å². The Hall–Kier alpha value is -7.48. The minimum Gasteiger partial charge on any atom is -0.494 e. The van der Waals surface area contributed by atoms with Gasteiger partial charge in [0.2, 0.25) is 11.9 Å². The third-order valence-electron chi connectivity index (χ3n) is 13.7. The second-order valence-corrected chi connectivity index (χ2v) is 18.2. The van der Waals surface area contributed by atoms with Crippen LogP contribution >= 0.6 is 0 Å². The van der Waals surface area contributed by atoms with Gasteiger partial charge >= 0.3 is 0 Å². The molecule has 4 N–H and O–H groups in total. The molecule has 70 heavy (non-hydrogen) atoms. The summed E-state index contributed by atoms with van der Waals surface area (Å²) >= 11 is 0. The summed E-state index contributed by atoms with van der Waals surface area (Å²) in [5, 5.41) is 45.9. The first-order valence-electron chi connectivity index (χ1n) is 23.4. The predicted octanol–water partition coefficient (Wildman–Crippen LogP) is 6.39. The Morgan fingerprint density at radius 3 is 1.41 bits per heavy atom. The number of nitriles is 2. The highest BCUT2D eigenvalue weighted by molar-refractivity contribution is 5.76. The molecule has 0 bridgehead atoms. The van der Waals surface area contributed by atoms with Crippen LogP contribution in [-0.4, -0.2) is 120 Å². The average Bonchev–Trinajstić information content (AvgIpc) is 3.94. The van der Waals surface area contributed by atoms with Crippen molar-refractivity contribution in [3.05, 3.63) is 107 Å². The van der Waals surface area contributed by atoms with Crippen molar-refractivity contribution in [1.29, 1.82) is 10.5 Å². The number of aliphatic hydroxyl groups is 2. The topological polar surface area (TPSA) is 233 Å². The summed E-state index contributed by atoms with van der Waals surface area (Å²) in [6.45, 7) is 9.71. The van der Waals surface area contributed by atoms with Gasteiger partial charge in [0.05, 0.1) is 99.1 Å². The Kier molecular flexibility index (Phi) is 14.0. The highest BCUT2D eigenvalue weighted by atomic mass is 16.5. The molecule has 360 valence electrons. The van der Waals surface area contributed by atoms with Crippen molar-refractivity contribution < 1.29 is 29.2 Å². The average molecular weight is 945 g/mol. The van der Waals surface area contributed by atoms with Crippen molar-refractivity contribution in [2.75, 3.05) is 100 Å². The molecule has 6 heterocycles. The summed E-state index contributed by atoms with van der Waals surface area (Å²) in [7, 11) is 3.20. The number of fused-ring (bicyclic) bond motifs is 2. The van der Waals surface area contributed by atoms with Crippen LogP contribution in [0.5, 0.6) is 11.5 Å². The molecule has 2 aromatic carbocycles. The van der Waals surface area contributed by atoms with Crippen molar-refractivity contribution in [3.63, 3.8) is 0 Å². The van der Waals surface area contributed by atoms with E-state index in [-0.39, 0.29) is 24.0 Å². The third-order valence-corrected chi connectivity index (χ3v) is 13.7. The Morgan fingerprint density at radius 2 is 1.04 bits per heavy atom. The Balaban J connectivity index is 0.000000174. The van der Waals surface area contributed by atoms with E-state index in [1.54, 1.807) is 38.7 Å². The minimum atomic E-state index is -0.282. The zero-order valence-corrected chi connectivity index (χ0v) is 39.8. The predicted molar refractivity (Wildman–Crippen MR) is 264 cm³/mol. The molecule has 18 nitrogen and oxygen atoms in total. The number of aromatic nitrogens is 6. The van der Waals surface area contributed by atoms with Crippen molar-refractivity contribution in [3.8, 4) is 46.2 Å². The maximum atomic E-state index is 9.93. The number of hydrogen-bond donors (Lipinski definition) is 4. The lowest BCUT2D eigenvalue weighted by molar-refractivity contribution is 0.122. The Morgan fingerprint density at radius 1 is 0.629 bits per heavy atom. The lowest BCUT2D eigenvalue weighted by Crippen LogP contribution is -2.36. The second-order valence-electron chi connectivity index (χ2n) is 18.2. The first-order valence-corrected chi connectivity index (χ1v) is 23.4. The number of aryl methyl sites for hydroxylation is 2. The smallest absolute Gasteiger partial charge is 0.227 e. The van der Waals surface area contributed by atoms with Gasteiger partial charge in [-0.15, -0.1) is 0 Å². The number of nitrogens with one attached hydrogen (secondary N) is 2. The molecular formula is C52H56N12O6. The zero-order valence-electron chi connectivity index (χ0n) is 39.8. The first kappa shape index (κ1) is 47.6. The quantitative estimate of drug-likeness (QED) is 0.104. The number of benzene rings is 2. The summed E-state index contributed by atoms with van der Waals surface area (Å²) in [5.74, 6) is 1.96. The fourth-order valence-corrected chi connectivity index (χ4v) is 9.48. The van der Waals surface area contributed by atoms with Crippen LogP contribution in [0.25, 0.3) is 22.5 Å². The number of rotatable bonds is 12. The standard InChI is InChI=1S/2C26H28N6O3/c2*1-26(16-33)5-3-21-19(26)11-18(15-29-21)20-4-6-28-25(30-20)31-22-12-17(14-27)23(13-24(22)34-2)32-7-9-35-10-8-32/h2*4,6,11-13,15,33H,3,5,7-10,16H2,1-2H3,(H,28,30,31). The van der Waals surface area contributed by atoms with Crippen LogP contribution in [0, 0.1) is 22.7 Å². The Bertz CT molecular complexity index is 2770. The molecular weight excluding hydrogens is 889 g/mol. The van der Waals surface area contributed by atoms with Gasteiger partial charge in [-0.3, -0.25) is 9.97 Å². The molecule has 10 rings (SSSR count). The van der Waals surface area contributed by atoms with Gasteiger partial charge in [0.15, 0.2) is 0 Å². The van der Waals surface area contributed by atoms with E-state index >= 15 is 0 Å². The van der Waals surface area contributed by atoms with Crippen LogP contribution in [0.1, 0.15) is 60.3 Å². The van der Waals surface area contributed by atoms with E-state index in [0.717, 1.165) is 108 Å². The van der Waals surface area contributed by atoms with Gasteiger partial charge in [0.1, 0.15) is 23.6 Å². The largest absolute Gasteiger partial charge is 0.494 e. The zero-order chi connectivity index (χ0) is 48.8. The maximum Gasteiger partial charge on any atom is 0.227 e. The molecule has 2 aliphatic carbocycles. The van der Waals surface area contributed by atoms with Gasteiger partial charge in [-0.1, -0.05) is 13.8 Å². The molecule has 2 fully saturated rings. The molecule has 6 aromatic rings. The molecule has 4 aliphatic rings. The summed E-state index contributed by atoms with van der Waals surface area (Å²) in [6.07, 6.45) is 10.5. The number of aliphatic hydroxyl groups excluding tert-OH is 2. The maximum absolute atomic E-state index is 9.93. The van der Waals surface area contributed by atoms with Gasteiger partial charge < -0.3 is 49.6 Å². The second kappa shape index (κ2) is 20.6. The Labute approximate surface area is 406 Å². The van der Waals surface area contributed by atoms with E-state index in [2.05, 4.69) is 78.5 Å². The van der Waals surface area contributed by atoms with Gasteiger partial charge in [0.25, 0.3) is 0 Å². The van der Waals surface area contributed by atoms with Crippen molar-refractivity contribution in [1.82, 2.24) is 29.9 Å². The molecule has 2 unspecified atom stereocenters. The van der Waals surface area contributed by atoms with E-state index < -0.39 is 0 Å². The first-order chi connectivity index (χ1) is 34.1. The number of methoxy groups -OCH3 is 2. The van der Waals surface area contributed by atoms with Crippen LogP contribution < -0.4 is 29.9 Å². The fraction of sp³-hybridized carbons (Fsp3) is 0.385. The molecule has 2 aliphatic heterocycles. The monoisotopic (exact) mass is 944 g/mol. The molecule has 2 saturated heterocycles. The van der Waals surface area contributed by atoms with Crippen molar-refractivity contribution in [2.45, 2.75) is 50.4 Å². The molecule has 0 spiro atoms. The summed E-state index contributed by atoms with van der Waals surface area (Å²) in [4.78, 5) is 31.7. The number of pyridine rings is 2. The summed E-state index contributed by atoms with van der Waals surface area (Å²) in [5.41, 5.74) is 10.8. The number of ether oxygens (including phenoxy) is 4. The number of nitrogens with zero attached hydrogens (tertiary/aromatic N) is 10. The molecule has 4 aromatic heterocycles. The highest BCUT2D eigenvalue weighted by Gasteiger charge is 2.36. The minimum absolute atomic E-state index is 0.0865. The van der Waals surface area contributed by atoms with E-state index in [4.69, 9.17) is 28.9 Å². The summed E-state index contributed by atoms with van der Waals surface area (Å²) in [6, 6.07) is 19.7. The van der Waals surface area contributed by atoms with Crippen molar-refractivity contribution in [2.24, 2.45) is 0 Å². The number of morpholine rings is 2. The van der Waals surface area contributed by atoms with E-state index in [1.807, 2.05) is 36.7 Å². The van der Waals surface area contributed by atoms with Gasteiger partial charge in [-0.2, -0.15) is 10.5 Å². The molecule has 0 radical (unpaired) electrons. The highest BCUT2D eigenvalue weighted by Crippen LogP contribution is 2.42. The lowest BCUT2D eigenvalue weighted by atomic mass is 9.85. The third kappa shape index (κ3) is 9.72.